The van der Waals surface area contributed by atoms with E-state index in [1.54, 1.807) is 0 Å². The van der Waals surface area contributed by atoms with Crippen molar-refractivity contribution in [3.8, 4) is 0 Å². The number of benzene rings is 1. The number of hydrogen-bond acceptors (Lipinski definition) is 3. The first-order valence-corrected chi connectivity index (χ1v) is 12.3. The Kier molecular flexibility index (Phi) is 6.77. The lowest BCUT2D eigenvalue weighted by Gasteiger charge is -2.46. The third-order valence-corrected chi connectivity index (χ3v) is 8.38. The number of hydrogen-bond donors (Lipinski definition) is 2. The van der Waals surface area contributed by atoms with Gasteiger partial charge in [0.2, 0.25) is 15.9 Å². The lowest BCUT2D eigenvalue weighted by molar-refractivity contribution is -0.137. The number of carbonyl (C=O) groups is 1. The normalized spacial score (nSPS) is 27.0. The maximum Gasteiger partial charge on any atom is 0.416 e. The minimum atomic E-state index is -4.66. The first-order valence-electron chi connectivity index (χ1n) is 10.9. The largest absolute Gasteiger partial charge is 0.416 e. The van der Waals surface area contributed by atoms with E-state index in [0.717, 1.165) is 50.3 Å². The Morgan fingerprint density at radius 1 is 1.16 bits per heavy atom. The van der Waals surface area contributed by atoms with E-state index in [0.29, 0.717) is 23.8 Å². The summed E-state index contributed by atoms with van der Waals surface area (Å²) in [5.41, 5.74) is -2.57. The molecule has 31 heavy (non-hydrogen) atoms. The van der Waals surface area contributed by atoms with Gasteiger partial charge in [0.15, 0.2) is 0 Å². The molecule has 4 atom stereocenters. The molecule has 1 amide bonds. The van der Waals surface area contributed by atoms with Crippen molar-refractivity contribution in [2.24, 2.45) is 17.8 Å². The third-order valence-electron chi connectivity index (χ3n) is 6.73. The van der Waals surface area contributed by atoms with E-state index in [2.05, 4.69) is 17.0 Å². The molecule has 4 unspecified atom stereocenters. The molecule has 2 aliphatic rings. The van der Waals surface area contributed by atoms with Crippen molar-refractivity contribution in [3.05, 3.63) is 29.8 Å². The maximum atomic E-state index is 13.1. The fraction of sp³-hybridized carbons (Fsp3) is 0.682. The summed E-state index contributed by atoms with van der Waals surface area (Å²) in [7, 11) is -4.33. The SMILES string of the molecule is CCC1CC2CCCC(C2)C1NC(=O)C(C)(C)NS(=O)(=O)c1cccc(C(F)(F)F)c1. The summed E-state index contributed by atoms with van der Waals surface area (Å²) in [4.78, 5) is 12.5. The second-order valence-electron chi connectivity index (χ2n) is 9.45. The molecule has 2 aliphatic carbocycles. The fourth-order valence-corrected chi connectivity index (χ4v) is 6.52. The molecule has 0 heterocycles. The van der Waals surface area contributed by atoms with Crippen LogP contribution in [0.4, 0.5) is 13.2 Å². The van der Waals surface area contributed by atoms with E-state index in [4.69, 9.17) is 0 Å². The Morgan fingerprint density at radius 3 is 2.52 bits per heavy atom. The summed E-state index contributed by atoms with van der Waals surface area (Å²) in [6.07, 6.45) is 1.85. The fourth-order valence-electron chi connectivity index (χ4n) is 5.10. The summed E-state index contributed by atoms with van der Waals surface area (Å²) in [6, 6.07) is 3.50. The number of fused-ring (bicyclic) bond motifs is 2. The predicted molar refractivity (Wildman–Crippen MR) is 112 cm³/mol. The van der Waals surface area contributed by atoms with Crippen molar-refractivity contribution in [2.45, 2.75) is 81.9 Å². The maximum absolute atomic E-state index is 13.1. The molecular weight excluding hydrogens is 429 g/mol. The molecular formula is C22H31F3N2O3S. The van der Waals surface area contributed by atoms with Crippen LogP contribution in [-0.4, -0.2) is 25.9 Å². The zero-order valence-electron chi connectivity index (χ0n) is 18.1. The summed E-state index contributed by atoms with van der Waals surface area (Å²) in [5, 5.41) is 3.08. The van der Waals surface area contributed by atoms with Crippen LogP contribution in [0.1, 0.15) is 64.9 Å². The van der Waals surface area contributed by atoms with Gasteiger partial charge in [-0.25, -0.2) is 8.42 Å². The van der Waals surface area contributed by atoms with Crippen molar-refractivity contribution in [1.82, 2.24) is 10.0 Å². The molecule has 174 valence electrons. The summed E-state index contributed by atoms with van der Waals surface area (Å²) in [6.45, 7) is 4.97. The van der Waals surface area contributed by atoms with Crippen LogP contribution in [0.25, 0.3) is 0 Å². The number of rotatable bonds is 6. The average Bonchev–Trinajstić information content (AvgIpc) is 2.68. The number of alkyl halides is 3. The monoisotopic (exact) mass is 460 g/mol. The van der Waals surface area contributed by atoms with Crippen molar-refractivity contribution >= 4 is 15.9 Å². The molecule has 0 aliphatic heterocycles. The molecule has 0 radical (unpaired) electrons. The second-order valence-corrected chi connectivity index (χ2v) is 11.1. The molecule has 0 aromatic heterocycles. The molecule has 2 bridgehead atoms. The molecule has 2 saturated carbocycles. The second kappa shape index (κ2) is 8.73. The molecule has 1 aromatic carbocycles. The number of sulfonamides is 1. The van der Waals surface area contributed by atoms with Gasteiger partial charge in [-0.3, -0.25) is 4.79 Å². The lowest BCUT2D eigenvalue weighted by atomic mass is 9.64. The van der Waals surface area contributed by atoms with Crippen LogP contribution in [0.3, 0.4) is 0 Å². The van der Waals surface area contributed by atoms with E-state index in [1.165, 1.54) is 20.3 Å². The highest BCUT2D eigenvalue weighted by atomic mass is 32.2. The highest BCUT2D eigenvalue weighted by molar-refractivity contribution is 7.89. The third kappa shape index (κ3) is 5.42. The van der Waals surface area contributed by atoms with Crippen molar-refractivity contribution in [1.29, 1.82) is 0 Å². The Balaban J connectivity index is 1.75. The van der Waals surface area contributed by atoms with Crippen molar-refractivity contribution in [2.75, 3.05) is 0 Å². The summed E-state index contributed by atoms with van der Waals surface area (Å²) >= 11 is 0. The van der Waals surface area contributed by atoms with Crippen LogP contribution in [0.5, 0.6) is 0 Å². The van der Waals surface area contributed by atoms with E-state index in [1.807, 2.05) is 0 Å². The Bertz CT molecular complexity index is 913. The number of halogens is 3. The van der Waals surface area contributed by atoms with Gasteiger partial charge in [0, 0.05) is 6.04 Å². The van der Waals surface area contributed by atoms with Crippen LogP contribution in [-0.2, 0) is 21.0 Å². The van der Waals surface area contributed by atoms with Gasteiger partial charge < -0.3 is 5.32 Å². The molecule has 2 fully saturated rings. The van der Waals surface area contributed by atoms with E-state index < -0.39 is 38.1 Å². The molecule has 0 spiro atoms. The standard InChI is InChI=1S/C22H31F3N2O3S/c1-4-15-11-14-7-5-8-16(12-14)19(15)26-20(28)21(2,3)27-31(29,30)18-10-6-9-17(13-18)22(23,24)25/h6,9-10,13-16,19,27H,4-5,7-8,11-12H2,1-3H3,(H,26,28). The number of nitrogens with one attached hydrogen (secondary N) is 2. The molecule has 2 N–H and O–H groups in total. The van der Waals surface area contributed by atoms with E-state index >= 15 is 0 Å². The number of carbonyl (C=O) groups excluding carboxylic acids is 1. The van der Waals surface area contributed by atoms with Crippen LogP contribution in [0.15, 0.2) is 29.2 Å². The lowest BCUT2D eigenvalue weighted by Crippen LogP contribution is -2.60. The topological polar surface area (TPSA) is 75.3 Å². The van der Waals surface area contributed by atoms with Gasteiger partial charge in [-0.1, -0.05) is 32.3 Å². The van der Waals surface area contributed by atoms with Crippen LogP contribution in [0.2, 0.25) is 0 Å². The van der Waals surface area contributed by atoms with Gasteiger partial charge in [-0.2, -0.15) is 17.9 Å². The average molecular weight is 461 g/mol. The van der Waals surface area contributed by atoms with Crippen LogP contribution in [0, 0.1) is 17.8 Å². The van der Waals surface area contributed by atoms with Crippen LogP contribution < -0.4 is 10.0 Å². The zero-order valence-corrected chi connectivity index (χ0v) is 18.9. The highest BCUT2D eigenvalue weighted by Gasteiger charge is 2.42. The molecule has 0 saturated heterocycles. The molecule has 1 aromatic rings. The van der Waals surface area contributed by atoms with E-state index in [9.17, 15) is 26.4 Å². The van der Waals surface area contributed by atoms with Gasteiger partial charge in [-0.15, -0.1) is 0 Å². The van der Waals surface area contributed by atoms with Gasteiger partial charge in [-0.05, 0) is 69.1 Å². The minimum Gasteiger partial charge on any atom is -0.351 e. The van der Waals surface area contributed by atoms with Gasteiger partial charge >= 0.3 is 6.18 Å². The highest BCUT2D eigenvalue weighted by Crippen LogP contribution is 2.44. The minimum absolute atomic E-state index is 0.00798. The summed E-state index contributed by atoms with van der Waals surface area (Å²) in [5.74, 6) is 0.973. The van der Waals surface area contributed by atoms with Crippen molar-refractivity contribution < 1.29 is 26.4 Å². The van der Waals surface area contributed by atoms with Gasteiger partial charge in [0.25, 0.3) is 0 Å². The molecule has 5 nitrogen and oxygen atoms in total. The van der Waals surface area contributed by atoms with E-state index in [-0.39, 0.29) is 6.04 Å². The van der Waals surface area contributed by atoms with Gasteiger partial charge in [0.05, 0.1) is 10.5 Å². The van der Waals surface area contributed by atoms with Crippen LogP contribution >= 0.6 is 0 Å². The Labute approximate surface area is 182 Å². The molecule has 3 rings (SSSR count). The quantitative estimate of drug-likeness (QED) is 0.657. The Hall–Kier alpha value is -1.61. The predicted octanol–water partition coefficient (Wildman–Crippen LogP) is 4.48. The first-order chi connectivity index (χ1) is 14.3. The first kappa shape index (κ1) is 24.0. The number of amides is 1. The summed E-state index contributed by atoms with van der Waals surface area (Å²) < 4.78 is 66.7. The Morgan fingerprint density at radius 2 is 1.87 bits per heavy atom. The zero-order chi connectivity index (χ0) is 23.0. The smallest absolute Gasteiger partial charge is 0.351 e. The van der Waals surface area contributed by atoms with Gasteiger partial charge in [0.1, 0.15) is 5.54 Å². The molecule has 9 heteroatoms. The van der Waals surface area contributed by atoms with Crippen molar-refractivity contribution in [3.63, 3.8) is 0 Å².